The van der Waals surface area contributed by atoms with Gasteiger partial charge in [0.25, 0.3) is 5.91 Å². The highest BCUT2D eigenvalue weighted by Crippen LogP contribution is 2.28. The van der Waals surface area contributed by atoms with E-state index >= 15 is 0 Å². The van der Waals surface area contributed by atoms with Gasteiger partial charge in [0.15, 0.2) is 5.17 Å². The van der Waals surface area contributed by atoms with Crippen LogP contribution in [0.5, 0.6) is 0 Å². The van der Waals surface area contributed by atoms with Crippen LogP contribution in [0.2, 0.25) is 0 Å². The van der Waals surface area contributed by atoms with E-state index in [0.717, 1.165) is 11.3 Å². The number of rotatable bonds is 5. The van der Waals surface area contributed by atoms with Crippen molar-refractivity contribution in [2.45, 2.75) is 6.42 Å². The van der Waals surface area contributed by atoms with Gasteiger partial charge in [0, 0.05) is 18.1 Å². The summed E-state index contributed by atoms with van der Waals surface area (Å²) in [5.41, 5.74) is 3.33. The maximum absolute atomic E-state index is 12.3. The first-order valence-corrected chi connectivity index (χ1v) is 9.72. The zero-order valence-corrected chi connectivity index (χ0v) is 16.1. The summed E-state index contributed by atoms with van der Waals surface area (Å²) in [4.78, 5) is 28.0. The summed E-state index contributed by atoms with van der Waals surface area (Å²) in [6.07, 6.45) is 5.76. The van der Waals surface area contributed by atoms with Crippen LogP contribution in [0.15, 0.2) is 83.0 Å². The Morgan fingerprint density at radius 1 is 1.07 bits per heavy atom. The lowest BCUT2D eigenvalue weighted by atomic mass is 10.1. The lowest BCUT2D eigenvalue weighted by Gasteiger charge is -2.03. The average Bonchev–Trinajstić information content (AvgIpc) is 3.34. The predicted molar refractivity (Wildman–Crippen MR) is 114 cm³/mol. The van der Waals surface area contributed by atoms with E-state index < -0.39 is 5.97 Å². The Morgan fingerprint density at radius 3 is 2.41 bits per heavy atom. The number of carboxylic acid groups (broad SMARTS) is 1. The van der Waals surface area contributed by atoms with Gasteiger partial charge in [-0.2, -0.15) is 0 Å². The number of nitrogens with zero attached hydrogens (tertiary/aromatic N) is 2. The number of benzene rings is 2. The molecule has 0 atom stereocenters. The van der Waals surface area contributed by atoms with Crippen LogP contribution in [0.1, 0.15) is 11.1 Å². The third-order valence-electron chi connectivity index (χ3n) is 4.27. The van der Waals surface area contributed by atoms with E-state index in [1.165, 1.54) is 11.8 Å². The lowest BCUT2D eigenvalue weighted by Crippen LogP contribution is -2.19. The van der Waals surface area contributed by atoms with Gasteiger partial charge in [0.05, 0.1) is 17.0 Å². The minimum absolute atomic E-state index is 0.0294. The first-order valence-electron chi connectivity index (χ1n) is 8.90. The molecule has 0 aliphatic carbocycles. The van der Waals surface area contributed by atoms with Crippen molar-refractivity contribution in [3.05, 3.63) is 89.1 Å². The Balaban J connectivity index is 1.47. The van der Waals surface area contributed by atoms with E-state index in [-0.39, 0.29) is 12.3 Å². The van der Waals surface area contributed by atoms with E-state index in [2.05, 4.69) is 10.3 Å². The van der Waals surface area contributed by atoms with Gasteiger partial charge < -0.3 is 15.0 Å². The number of aromatic nitrogens is 1. The predicted octanol–water partition coefficient (Wildman–Crippen LogP) is 4.00. The fourth-order valence-electron chi connectivity index (χ4n) is 2.86. The number of aliphatic carboxylic acids is 1. The van der Waals surface area contributed by atoms with Gasteiger partial charge in [-0.3, -0.25) is 9.59 Å². The highest BCUT2D eigenvalue weighted by atomic mass is 32.2. The van der Waals surface area contributed by atoms with E-state index in [4.69, 9.17) is 5.11 Å². The molecular weight excluding hydrogens is 386 g/mol. The van der Waals surface area contributed by atoms with Crippen LogP contribution >= 0.6 is 11.8 Å². The van der Waals surface area contributed by atoms with E-state index in [9.17, 15) is 9.59 Å². The fourth-order valence-corrected chi connectivity index (χ4v) is 3.70. The maximum atomic E-state index is 12.3. The maximum Gasteiger partial charge on any atom is 0.307 e. The number of amides is 1. The molecule has 1 aliphatic rings. The second-order valence-electron chi connectivity index (χ2n) is 6.40. The van der Waals surface area contributed by atoms with Crippen molar-refractivity contribution < 1.29 is 14.7 Å². The Morgan fingerprint density at radius 2 is 1.76 bits per heavy atom. The van der Waals surface area contributed by atoms with Gasteiger partial charge in [0.2, 0.25) is 0 Å². The first-order chi connectivity index (χ1) is 14.1. The summed E-state index contributed by atoms with van der Waals surface area (Å²) in [6.45, 7) is 0. The molecule has 1 aromatic heterocycles. The number of aliphatic imine (C=N–C) groups is 1. The number of carbonyl (C=O) groups is 2. The van der Waals surface area contributed by atoms with Gasteiger partial charge in [-0.15, -0.1) is 0 Å². The molecule has 1 fully saturated rings. The molecule has 0 unspecified atom stereocenters. The molecule has 2 aromatic carbocycles. The van der Waals surface area contributed by atoms with E-state index in [1.54, 1.807) is 24.3 Å². The molecule has 4 rings (SSSR count). The zero-order chi connectivity index (χ0) is 20.2. The molecule has 144 valence electrons. The normalized spacial score (nSPS) is 16.3. The quantitative estimate of drug-likeness (QED) is 0.631. The minimum atomic E-state index is -0.876. The molecule has 0 radical (unpaired) electrons. The minimum Gasteiger partial charge on any atom is -0.481 e. The smallest absolute Gasteiger partial charge is 0.307 e. The number of carboxylic acids is 1. The number of thioether (sulfide) groups is 1. The monoisotopic (exact) mass is 403 g/mol. The Hall–Kier alpha value is -3.58. The molecule has 0 saturated carbocycles. The molecule has 0 bridgehead atoms. The summed E-state index contributed by atoms with van der Waals surface area (Å²) < 4.78 is 2.01. The first kappa shape index (κ1) is 18.8. The van der Waals surface area contributed by atoms with Gasteiger partial charge >= 0.3 is 5.97 Å². The largest absolute Gasteiger partial charge is 0.481 e. The van der Waals surface area contributed by atoms with Gasteiger partial charge in [-0.05, 0) is 65.4 Å². The topological polar surface area (TPSA) is 83.7 Å². The van der Waals surface area contributed by atoms with Crippen LogP contribution in [0.25, 0.3) is 11.8 Å². The Labute approximate surface area is 171 Å². The summed E-state index contributed by atoms with van der Waals surface area (Å²) in [5.74, 6) is -1.07. The zero-order valence-electron chi connectivity index (χ0n) is 15.3. The number of amidine groups is 1. The molecule has 6 nitrogen and oxygen atoms in total. The summed E-state index contributed by atoms with van der Waals surface area (Å²) >= 11 is 1.28. The number of hydrogen-bond acceptors (Lipinski definition) is 4. The lowest BCUT2D eigenvalue weighted by molar-refractivity contribution is -0.136. The van der Waals surface area contributed by atoms with Gasteiger partial charge in [-0.1, -0.05) is 24.3 Å². The second kappa shape index (κ2) is 8.20. The molecule has 29 heavy (non-hydrogen) atoms. The van der Waals surface area contributed by atoms with Crippen LogP contribution in [0, 0.1) is 0 Å². The van der Waals surface area contributed by atoms with Crippen LogP contribution in [0.3, 0.4) is 0 Å². The molecule has 2 N–H and O–H groups in total. The van der Waals surface area contributed by atoms with E-state index in [0.29, 0.717) is 21.3 Å². The van der Waals surface area contributed by atoms with Crippen molar-refractivity contribution in [2.75, 3.05) is 0 Å². The molecule has 1 saturated heterocycles. The standard InChI is InChI=1S/C22H17N3O3S/c26-20(27)14-16-3-7-17(8-4-16)23-22-24-21(28)19(29-22)13-15-5-9-18(10-6-15)25-11-1-2-12-25/h1-13H,14H2,(H,26,27)(H,23,24,28)/b19-13+. The summed E-state index contributed by atoms with van der Waals surface area (Å²) in [5, 5.41) is 12.1. The van der Waals surface area contributed by atoms with Crippen molar-refractivity contribution in [1.82, 2.24) is 9.88 Å². The number of nitrogens with one attached hydrogen (secondary N) is 1. The van der Waals surface area contributed by atoms with Crippen molar-refractivity contribution >= 4 is 40.6 Å². The van der Waals surface area contributed by atoms with Gasteiger partial charge in [-0.25, -0.2) is 4.99 Å². The second-order valence-corrected chi connectivity index (χ2v) is 7.43. The fraction of sp³-hybridized carbons (Fsp3) is 0.0455. The third-order valence-corrected chi connectivity index (χ3v) is 5.18. The molecule has 3 aromatic rings. The molecular formula is C22H17N3O3S. The van der Waals surface area contributed by atoms with Crippen molar-refractivity contribution in [3.63, 3.8) is 0 Å². The van der Waals surface area contributed by atoms with Crippen molar-refractivity contribution in [1.29, 1.82) is 0 Å². The van der Waals surface area contributed by atoms with Crippen molar-refractivity contribution in [3.8, 4) is 5.69 Å². The van der Waals surface area contributed by atoms with Crippen LogP contribution in [0.4, 0.5) is 5.69 Å². The molecule has 1 aliphatic heterocycles. The van der Waals surface area contributed by atoms with Crippen molar-refractivity contribution in [2.24, 2.45) is 4.99 Å². The molecule has 2 heterocycles. The molecule has 1 amide bonds. The Bertz CT molecular complexity index is 1100. The number of hydrogen-bond donors (Lipinski definition) is 2. The average molecular weight is 403 g/mol. The molecule has 0 spiro atoms. The highest BCUT2D eigenvalue weighted by molar-refractivity contribution is 8.18. The van der Waals surface area contributed by atoms with Crippen LogP contribution < -0.4 is 5.32 Å². The third kappa shape index (κ3) is 4.64. The van der Waals surface area contributed by atoms with Crippen LogP contribution in [-0.2, 0) is 16.0 Å². The number of carbonyl (C=O) groups excluding carboxylic acids is 1. The SMILES string of the molecule is O=C(O)Cc1ccc(N=C2NC(=O)/C(=C\c3ccc(-n4cccc4)cc3)S2)cc1. The van der Waals surface area contributed by atoms with Gasteiger partial charge in [0.1, 0.15) is 0 Å². The highest BCUT2D eigenvalue weighted by Gasteiger charge is 2.23. The van der Waals surface area contributed by atoms with Crippen LogP contribution in [-0.4, -0.2) is 26.7 Å². The Kier molecular flexibility index (Phi) is 5.31. The summed E-state index contributed by atoms with van der Waals surface area (Å²) in [6, 6.07) is 18.8. The molecule has 7 heteroatoms. The summed E-state index contributed by atoms with van der Waals surface area (Å²) in [7, 11) is 0. The van der Waals surface area contributed by atoms with E-state index in [1.807, 2.05) is 59.4 Å².